The molecule has 6 heteroatoms. The maximum absolute atomic E-state index is 12.4. The summed E-state index contributed by atoms with van der Waals surface area (Å²) in [6.45, 7) is 2.41. The molecule has 1 aromatic rings. The van der Waals surface area contributed by atoms with Gasteiger partial charge in [-0.2, -0.15) is 5.10 Å². The second-order valence-corrected chi connectivity index (χ2v) is 4.52. The molecule has 1 aliphatic rings. The van der Waals surface area contributed by atoms with E-state index < -0.39 is 6.04 Å². The number of aryl methyl sites for hydroxylation is 1. The summed E-state index contributed by atoms with van der Waals surface area (Å²) in [4.78, 5) is 25.6. The summed E-state index contributed by atoms with van der Waals surface area (Å²) in [5.74, 6) is -0.108. The van der Waals surface area contributed by atoms with E-state index >= 15 is 0 Å². The van der Waals surface area contributed by atoms with Crippen LogP contribution in [0.3, 0.4) is 0 Å². The molecular weight excluding hydrogens is 232 g/mol. The fourth-order valence-corrected chi connectivity index (χ4v) is 2.13. The Morgan fingerprint density at radius 2 is 2.28 bits per heavy atom. The minimum absolute atomic E-state index is 0.0456. The van der Waals surface area contributed by atoms with Crippen molar-refractivity contribution in [3.63, 3.8) is 0 Å². The Kier molecular flexibility index (Phi) is 3.64. The third-order valence-corrected chi connectivity index (χ3v) is 3.04. The van der Waals surface area contributed by atoms with E-state index in [1.165, 1.54) is 0 Å². The van der Waals surface area contributed by atoms with Gasteiger partial charge in [-0.15, -0.1) is 0 Å². The highest BCUT2D eigenvalue weighted by molar-refractivity contribution is 6.01. The van der Waals surface area contributed by atoms with Gasteiger partial charge in [-0.3, -0.25) is 14.3 Å². The Hall–Kier alpha value is -1.85. The fraction of sp³-hybridized carbons (Fsp3) is 0.583. The molecule has 6 nitrogen and oxygen atoms in total. The van der Waals surface area contributed by atoms with Crippen molar-refractivity contribution in [1.82, 2.24) is 15.1 Å². The first-order chi connectivity index (χ1) is 8.61. The SMILES string of the molecule is CCCC1NC(=O)CCN(c2cnn(C)c2)C1=O. The van der Waals surface area contributed by atoms with Crippen LogP contribution in [0, 0.1) is 0 Å². The Balaban J connectivity index is 2.23. The maximum atomic E-state index is 12.4. The quantitative estimate of drug-likeness (QED) is 0.846. The number of aromatic nitrogens is 2. The van der Waals surface area contributed by atoms with Crippen molar-refractivity contribution in [2.75, 3.05) is 11.4 Å². The molecule has 0 spiro atoms. The molecule has 1 aromatic heterocycles. The number of anilines is 1. The van der Waals surface area contributed by atoms with Crippen molar-refractivity contribution in [2.24, 2.45) is 7.05 Å². The standard InChI is InChI=1S/C12H18N4O2/c1-3-4-10-12(18)16(6-5-11(17)14-10)9-7-13-15(2)8-9/h7-8,10H,3-6H2,1-2H3,(H,14,17). The zero-order chi connectivity index (χ0) is 13.1. The van der Waals surface area contributed by atoms with Gasteiger partial charge in [0.05, 0.1) is 11.9 Å². The Labute approximate surface area is 106 Å². The van der Waals surface area contributed by atoms with Crippen LogP contribution in [0.5, 0.6) is 0 Å². The molecule has 0 radical (unpaired) electrons. The molecule has 2 rings (SSSR count). The maximum Gasteiger partial charge on any atom is 0.249 e. The summed E-state index contributed by atoms with van der Waals surface area (Å²) in [7, 11) is 1.80. The third-order valence-electron chi connectivity index (χ3n) is 3.04. The minimum atomic E-state index is -0.412. The van der Waals surface area contributed by atoms with Gasteiger partial charge in [0, 0.05) is 26.2 Å². The van der Waals surface area contributed by atoms with Crippen LogP contribution in [0.4, 0.5) is 5.69 Å². The van der Waals surface area contributed by atoms with Crippen LogP contribution in [0.25, 0.3) is 0 Å². The van der Waals surface area contributed by atoms with Gasteiger partial charge in [-0.05, 0) is 6.42 Å². The van der Waals surface area contributed by atoms with Crippen molar-refractivity contribution in [3.05, 3.63) is 12.4 Å². The van der Waals surface area contributed by atoms with Crippen molar-refractivity contribution in [3.8, 4) is 0 Å². The van der Waals surface area contributed by atoms with Crippen LogP contribution in [-0.4, -0.2) is 34.2 Å². The van der Waals surface area contributed by atoms with E-state index in [1.54, 1.807) is 29.0 Å². The normalized spacial score (nSPS) is 20.8. The Bertz CT molecular complexity index is 455. The van der Waals surface area contributed by atoms with E-state index in [9.17, 15) is 9.59 Å². The van der Waals surface area contributed by atoms with Gasteiger partial charge in [0.15, 0.2) is 0 Å². The first-order valence-electron chi connectivity index (χ1n) is 6.21. The van der Waals surface area contributed by atoms with Crippen LogP contribution < -0.4 is 10.2 Å². The zero-order valence-corrected chi connectivity index (χ0v) is 10.7. The Morgan fingerprint density at radius 3 is 2.89 bits per heavy atom. The topological polar surface area (TPSA) is 67.2 Å². The molecule has 0 saturated carbocycles. The summed E-state index contributed by atoms with van der Waals surface area (Å²) in [5.41, 5.74) is 0.750. The van der Waals surface area contributed by atoms with Gasteiger partial charge in [0.25, 0.3) is 0 Å². The monoisotopic (exact) mass is 250 g/mol. The summed E-state index contributed by atoms with van der Waals surface area (Å²) in [5, 5.41) is 6.84. The number of nitrogens with one attached hydrogen (secondary N) is 1. The van der Waals surface area contributed by atoms with E-state index in [0.29, 0.717) is 19.4 Å². The molecule has 1 aliphatic heterocycles. The highest BCUT2D eigenvalue weighted by Gasteiger charge is 2.30. The lowest BCUT2D eigenvalue weighted by molar-refractivity contribution is -0.125. The minimum Gasteiger partial charge on any atom is -0.344 e. The summed E-state index contributed by atoms with van der Waals surface area (Å²) in [6.07, 6.45) is 5.30. The van der Waals surface area contributed by atoms with Crippen molar-refractivity contribution >= 4 is 17.5 Å². The van der Waals surface area contributed by atoms with Crippen LogP contribution in [-0.2, 0) is 16.6 Å². The molecule has 2 amide bonds. The first kappa shape index (κ1) is 12.6. The van der Waals surface area contributed by atoms with E-state index in [0.717, 1.165) is 12.1 Å². The number of hydrogen-bond acceptors (Lipinski definition) is 3. The lowest BCUT2D eigenvalue weighted by Crippen LogP contribution is -2.44. The second kappa shape index (κ2) is 5.20. The van der Waals surface area contributed by atoms with E-state index in [2.05, 4.69) is 10.4 Å². The van der Waals surface area contributed by atoms with Gasteiger partial charge >= 0.3 is 0 Å². The molecule has 0 aromatic carbocycles. The van der Waals surface area contributed by atoms with E-state index in [1.807, 2.05) is 6.92 Å². The average molecular weight is 250 g/mol. The number of carbonyl (C=O) groups is 2. The summed E-state index contributed by atoms with van der Waals surface area (Å²) >= 11 is 0. The lowest BCUT2D eigenvalue weighted by Gasteiger charge is -2.22. The molecular formula is C12H18N4O2. The number of nitrogens with zero attached hydrogens (tertiary/aromatic N) is 3. The Morgan fingerprint density at radius 1 is 1.50 bits per heavy atom. The molecule has 2 heterocycles. The molecule has 1 atom stereocenters. The predicted octanol–water partition coefficient (Wildman–Crippen LogP) is 0.442. The van der Waals surface area contributed by atoms with Gasteiger partial charge in [0.1, 0.15) is 6.04 Å². The smallest absolute Gasteiger partial charge is 0.249 e. The molecule has 1 unspecified atom stereocenters. The molecule has 0 bridgehead atoms. The van der Waals surface area contributed by atoms with E-state index in [-0.39, 0.29) is 11.8 Å². The van der Waals surface area contributed by atoms with Gasteiger partial charge in [-0.1, -0.05) is 13.3 Å². The highest BCUT2D eigenvalue weighted by Crippen LogP contribution is 2.17. The largest absolute Gasteiger partial charge is 0.344 e. The molecule has 0 aliphatic carbocycles. The van der Waals surface area contributed by atoms with Crippen molar-refractivity contribution in [2.45, 2.75) is 32.2 Å². The number of amides is 2. The van der Waals surface area contributed by atoms with E-state index in [4.69, 9.17) is 0 Å². The summed E-state index contributed by atoms with van der Waals surface area (Å²) in [6, 6.07) is -0.412. The molecule has 18 heavy (non-hydrogen) atoms. The van der Waals surface area contributed by atoms with Crippen LogP contribution >= 0.6 is 0 Å². The molecule has 1 N–H and O–H groups in total. The van der Waals surface area contributed by atoms with Gasteiger partial charge in [-0.25, -0.2) is 0 Å². The van der Waals surface area contributed by atoms with Crippen LogP contribution in [0.1, 0.15) is 26.2 Å². The van der Waals surface area contributed by atoms with Crippen LogP contribution in [0.2, 0.25) is 0 Å². The first-order valence-corrected chi connectivity index (χ1v) is 6.21. The predicted molar refractivity (Wildman–Crippen MR) is 67.0 cm³/mol. The number of rotatable bonds is 3. The van der Waals surface area contributed by atoms with Gasteiger partial charge < -0.3 is 10.2 Å². The number of carbonyl (C=O) groups excluding carboxylic acids is 2. The van der Waals surface area contributed by atoms with Crippen molar-refractivity contribution in [1.29, 1.82) is 0 Å². The zero-order valence-electron chi connectivity index (χ0n) is 10.7. The fourth-order valence-electron chi connectivity index (χ4n) is 2.13. The highest BCUT2D eigenvalue weighted by atomic mass is 16.2. The molecule has 98 valence electrons. The average Bonchev–Trinajstić information content (AvgIpc) is 2.69. The summed E-state index contributed by atoms with van der Waals surface area (Å²) < 4.78 is 1.65. The molecule has 1 fully saturated rings. The second-order valence-electron chi connectivity index (χ2n) is 4.52. The van der Waals surface area contributed by atoms with Crippen molar-refractivity contribution < 1.29 is 9.59 Å². The number of hydrogen-bond donors (Lipinski definition) is 1. The van der Waals surface area contributed by atoms with Crippen LogP contribution in [0.15, 0.2) is 12.4 Å². The lowest BCUT2D eigenvalue weighted by atomic mass is 10.1. The molecule has 1 saturated heterocycles. The third kappa shape index (κ3) is 2.52. The van der Waals surface area contributed by atoms with Gasteiger partial charge in [0.2, 0.25) is 11.8 Å².